The predicted octanol–water partition coefficient (Wildman–Crippen LogP) is 5.26. The molecule has 4 rings (SSSR count). The first-order valence-electron chi connectivity index (χ1n) is 11.4. The average Bonchev–Trinajstić information content (AvgIpc) is 2.85. The maximum Gasteiger partial charge on any atom is 0.123 e. The molecular weight excluding hydrogens is 399 g/mol. The Bertz CT molecular complexity index is 912. The summed E-state index contributed by atoms with van der Waals surface area (Å²) in [6, 6.07) is 27.5. The zero-order valence-corrected chi connectivity index (χ0v) is 18.4. The van der Waals surface area contributed by atoms with Gasteiger partial charge in [0.25, 0.3) is 0 Å². The molecule has 0 N–H and O–H groups in total. The van der Waals surface area contributed by atoms with Crippen molar-refractivity contribution >= 4 is 6.08 Å². The Morgan fingerprint density at radius 1 is 0.750 bits per heavy atom. The van der Waals surface area contributed by atoms with Gasteiger partial charge in [-0.2, -0.15) is 0 Å². The van der Waals surface area contributed by atoms with E-state index in [0.717, 1.165) is 44.8 Å². The van der Waals surface area contributed by atoms with Crippen LogP contribution >= 0.6 is 0 Å². The Morgan fingerprint density at radius 3 is 1.91 bits per heavy atom. The van der Waals surface area contributed by atoms with E-state index in [4.69, 9.17) is 4.74 Å². The van der Waals surface area contributed by atoms with Crippen molar-refractivity contribution < 1.29 is 9.13 Å². The van der Waals surface area contributed by atoms with Crippen LogP contribution in [0.25, 0.3) is 6.08 Å². The molecule has 3 aromatic rings. The molecule has 3 aromatic carbocycles. The standard InChI is InChI=1S/C28H31FN2O/c29-27-15-13-24(14-16-27)8-7-17-30-18-20-31(21-19-30)22-23-32-28(25-9-3-1-4-10-25)26-11-5-2-6-12-26/h1-16,28H,17-23H2. The minimum absolute atomic E-state index is 0.0321. The van der Waals surface area contributed by atoms with Crippen LogP contribution in [0.2, 0.25) is 0 Å². The third-order valence-electron chi connectivity index (χ3n) is 5.91. The third kappa shape index (κ3) is 6.60. The van der Waals surface area contributed by atoms with Gasteiger partial charge in [0.1, 0.15) is 11.9 Å². The van der Waals surface area contributed by atoms with Gasteiger partial charge in [-0.1, -0.05) is 84.9 Å². The van der Waals surface area contributed by atoms with Crippen LogP contribution in [0.1, 0.15) is 22.8 Å². The highest BCUT2D eigenvalue weighted by Crippen LogP contribution is 2.25. The van der Waals surface area contributed by atoms with Gasteiger partial charge in [0.2, 0.25) is 0 Å². The van der Waals surface area contributed by atoms with E-state index in [1.807, 2.05) is 24.3 Å². The summed E-state index contributed by atoms with van der Waals surface area (Å²) in [6.45, 7) is 6.77. The van der Waals surface area contributed by atoms with Gasteiger partial charge in [-0.3, -0.25) is 9.80 Å². The lowest BCUT2D eigenvalue weighted by atomic mass is 10.0. The Hall–Kier alpha value is -2.79. The van der Waals surface area contributed by atoms with E-state index in [1.54, 1.807) is 0 Å². The predicted molar refractivity (Wildman–Crippen MR) is 129 cm³/mol. The van der Waals surface area contributed by atoms with Gasteiger partial charge < -0.3 is 4.74 Å². The number of hydrogen-bond donors (Lipinski definition) is 0. The summed E-state index contributed by atoms with van der Waals surface area (Å²) in [4.78, 5) is 4.93. The monoisotopic (exact) mass is 430 g/mol. The van der Waals surface area contributed by atoms with E-state index < -0.39 is 0 Å². The summed E-state index contributed by atoms with van der Waals surface area (Å²) in [5.74, 6) is -0.193. The first-order chi connectivity index (χ1) is 15.8. The summed E-state index contributed by atoms with van der Waals surface area (Å²) < 4.78 is 19.4. The molecule has 1 saturated heterocycles. The van der Waals surface area contributed by atoms with Gasteiger partial charge in [-0.15, -0.1) is 0 Å². The molecule has 1 aliphatic rings. The molecule has 0 bridgehead atoms. The highest BCUT2D eigenvalue weighted by atomic mass is 19.1. The van der Waals surface area contributed by atoms with E-state index in [0.29, 0.717) is 6.61 Å². The molecule has 4 heteroatoms. The van der Waals surface area contributed by atoms with Crippen LogP contribution in [-0.4, -0.2) is 55.7 Å². The fourth-order valence-corrected chi connectivity index (χ4v) is 4.05. The van der Waals surface area contributed by atoms with Gasteiger partial charge in [0.05, 0.1) is 6.61 Å². The van der Waals surface area contributed by atoms with E-state index in [-0.39, 0.29) is 11.9 Å². The average molecular weight is 431 g/mol. The lowest BCUT2D eigenvalue weighted by Crippen LogP contribution is -2.47. The maximum absolute atomic E-state index is 13.0. The lowest BCUT2D eigenvalue weighted by Gasteiger charge is -2.34. The maximum atomic E-state index is 13.0. The van der Waals surface area contributed by atoms with Crippen LogP contribution in [0.3, 0.4) is 0 Å². The molecule has 0 spiro atoms. The summed E-state index contributed by atoms with van der Waals surface area (Å²) in [5.41, 5.74) is 3.42. The van der Waals surface area contributed by atoms with Gasteiger partial charge in [-0.05, 0) is 28.8 Å². The molecule has 0 aliphatic carbocycles. The molecule has 1 heterocycles. The van der Waals surface area contributed by atoms with Crippen LogP contribution in [0.5, 0.6) is 0 Å². The smallest absolute Gasteiger partial charge is 0.123 e. The summed E-state index contributed by atoms with van der Waals surface area (Å²) in [7, 11) is 0. The molecule has 32 heavy (non-hydrogen) atoms. The lowest BCUT2D eigenvalue weighted by molar-refractivity contribution is 0.0468. The Morgan fingerprint density at radius 2 is 1.31 bits per heavy atom. The molecule has 0 aromatic heterocycles. The van der Waals surface area contributed by atoms with E-state index in [1.165, 1.54) is 23.3 Å². The number of ether oxygens (including phenoxy) is 1. The molecular formula is C28H31FN2O. The van der Waals surface area contributed by atoms with E-state index in [9.17, 15) is 4.39 Å². The van der Waals surface area contributed by atoms with E-state index >= 15 is 0 Å². The fraction of sp³-hybridized carbons (Fsp3) is 0.286. The highest BCUT2D eigenvalue weighted by Gasteiger charge is 2.18. The zero-order valence-electron chi connectivity index (χ0n) is 18.4. The molecule has 1 aliphatic heterocycles. The number of hydrogen-bond acceptors (Lipinski definition) is 3. The minimum atomic E-state index is -0.193. The van der Waals surface area contributed by atoms with Crippen molar-refractivity contribution in [3.05, 3.63) is 114 Å². The minimum Gasteiger partial charge on any atom is -0.367 e. The van der Waals surface area contributed by atoms with Crippen molar-refractivity contribution in [2.75, 3.05) is 45.9 Å². The molecule has 0 amide bonds. The van der Waals surface area contributed by atoms with Gasteiger partial charge in [0, 0.05) is 39.3 Å². The van der Waals surface area contributed by atoms with Gasteiger partial charge >= 0.3 is 0 Å². The van der Waals surface area contributed by atoms with Crippen molar-refractivity contribution in [1.82, 2.24) is 9.80 Å². The van der Waals surface area contributed by atoms with E-state index in [2.05, 4.69) is 70.5 Å². The number of nitrogens with zero attached hydrogens (tertiary/aromatic N) is 2. The highest BCUT2D eigenvalue weighted by molar-refractivity contribution is 5.48. The molecule has 3 nitrogen and oxygen atoms in total. The zero-order chi connectivity index (χ0) is 22.0. The summed E-state index contributed by atoms with van der Waals surface area (Å²) in [6.07, 6.45) is 4.19. The first kappa shape index (κ1) is 22.4. The van der Waals surface area contributed by atoms with Crippen molar-refractivity contribution in [1.29, 1.82) is 0 Å². The van der Waals surface area contributed by atoms with Gasteiger partial charge in [-0.25, -0.2) is 4.39 Å². The number of rotatable bonds is 9. The topological polar surface area (TPSA) is 15.7 Å². The van der Waals surface area contributed by atoms with Crippen molar-refractivity contribution in [3.8, 4) is 0 Å². The van der Waals surface area contributed by atoms with Crippen LogP contribution in [-0.2, 0) is 4.74 Å². The fourth-order valence-electron chi connectivity index (χ4n) is 4.05. The summed E-state index contributed by atoms with van der Waals surface area (Å²) in [5, 5.41) is 0. The van der Waals surface area contributed by atoms with Crippen LogP contribution in [0, 0.1) is 5.82 Å². The first-order valence-corrected chi connectivity index (χ1v) is 11.4. The number of piperazine rings is 1. The normalized spacial score (nSPS) is 15.6. The van der Waals surface area contributed by atoms with Crippen LogP contribution < -0.4 is 0 Å². The molecule has 166 valence electrons. The van der Waals surface area contributed by atoms with Crippen molar-refractivity contribution in [3.63, 3.8) is 0 Å². The SMILES string of the molecule is Fc1ccc(C=CCN2CCN(CCOC(c3ccccc3)c3ccccc3)CC2)cc1. The Balaban J connectivity index is 1.21. The second-order valence-corrected chi connectivity index (χ2v) is 8.17. The number of benzene rings is 3. The Labute approximate surface area is 190 Å². The molecule has 0 saturated carbocycles. The van der Waals surface area contributed by atoms with Crippen LogP contribution in [0.15, 0.2) is 91.0 Å². The van der Waals surface area contributed by atoms with Crippen molar-refractivity contribution in [2.45, 2.75) is 6.10 Å². The molecule has 1 fully saturated rings. The third-order valence-corrected chi connectivity index (χ3v) is 5.91. The van der Waals surface area contributed by atoms with Crippen LogP contribution in [0.4, 0.5) is 4.39 Å². The van der Waals surface area contributed by atoms with Crippen molar-refractivity contribution in [2.24, 2.45) is 0 Å². The van der Waals surface area contributed by atoms with Gasteiger partial charge in [0.15, 0.2) is 0 Å². The second-order valence-electron chi connectivity index (χ2n) is 8.17. The second kappa shape index (κ2) is 11.7. The summed E-state index contributed by atoms with van der Waals surface area (Å²) >= 11 is 0. The Kier molecular flexibility index (Phi) is 8.21. The molecule has 0 unspecified atom stereocenters. The molecule has 0 atom stereocenters. The molecule has 0 radical (unpaired) electrons. The largest absolute Gasteiger partial charge is 0.367 e. The quantitative estimate of drug-likeness (QED) is 0.460. The number of halogens is 1.